The molecule has 0 bridgehead atoms. The standard InChI is InChI=1S/C19H18F3NO4S/c1-27-18(25)16(10-11-28(26)15-8-3-2-4-9-15)23-17(24)13-6-5-7-14(12-13)19(20,21)22/h2-9,12,16H,10-11H2,1H3,(H,23,24)/t16-,28+/m0/s1. The molecule has 2 aromatic carbocycles. The Bertz CT molecular complexity index is 856. The van der Waals surface area contributed by atoms with Gasteiger partial charge in [-0.3, -0.25) is 9.00 Å². The van der Waals surface area contributed by atoms with E-state index >= 15 is 0 Å². The molecule has 0 spiro atoms. The van der Waals surface area contributed by atoms with E-state index in [-0.39, 0.29) is 17.7 Å². The molecule has 2 rings (SSSR count). The van der Waals surface area contributed by atoms with Crippen molar-refractivity contribution in [2.24, 2.45) is 0 Å². The van der Waals surface area contributed by atoms with Gasteiger partial charge in [-0.25, -0.2) is 4.79 Å². The quantitative estimate of drug-likeness (QED) is 0.708. The van der Waals surface area contributed by atoms with Crippen LogP contribution in [0.1, 0.15) is 22.3 Å². The van der Waals surface area contributed by atoms with E-state index in [2.05, 4.69) is 10.1 Å². The molecule has 0 saturated heterocycles. The number of methoxy groups -OCH3 is 1. The second-order valence-electron chi connectivity index (χ2n) is 5.78. The topological polar surface area (TPSA) is 72.5 Å². The van der Waals surface area contributed by atoms with Gasteiger partial charge in [0.2, 0.25) is 0 Å². The normalized spacial score (nSPS) is 13.4. The van der Waals surface area contributed by atoms with Gasteiger partial charge in [0.1, 0.15) is 6.04 Å². The predicted octanol–water partition coefficient (Wildman–Crippen LogP) is 3.17. The maximum Gasteiger partial charge on any atom is 0.416 e. The Labute approximate surface area is 162 Å². The fraction of sp³-hybridized carbons (Fsp3) is 0.263. The van der Waals surface area contributed by atoms with Crippen LogP contribution in [0, 0.1) is 0 Å². The molecule has 2 aromatic rings. The van der Waals surface area contributed by atoms with Gasteiger partial charge in [0.15, 0.2) is 0 Å². The SMILES string of the molecule is COC(=O)[C@H](CC[S@@](=O)c1ccccc1)NC(=O)c1cccc(C(F)(F)F)c1. The van der Waals surface area contributed by atoms with Crippen molar-refractivity contribution >= 4 is 22.7 Å². The lowest BCUT2D eigenvalue weighted by Gasteiger charge is -2.17. The molecule has 1 amide bonds. The van der Waals surface area contributed by atoms with Crippen LogP contribution in [0.4, 0.5) is 13.2 Å². The number of rotatable bonds is 7. The third-order valence-electron chi connectivity index (χ3n) is 3.84. The molecule has 0 fully saturated rings. The first-order chi connectivity index (χ1) is 13.2. The molecule has 0 aliphatic heterocycles. The van der Waals surface area contributed by atoms with Gasteiger partial charge in [-0.05, 0) is 36.8 Å². The molecule has 0 aliphatic carbocycles. The van der Waals surface area contributed by atoms with Gasteiger partial charge in [-0.15, -0.1) is 0 Å². The van der Waals surface area contributed by atoms with E-state index in [0.29, 0.717) is 11.0 Å². The molecule has 9 heteroatoms. The van der Waals surface area contributed by atoms with Crippen LogP contribution in [0.2, 0.25) is 0 Å². The van der Waals surface area contributed by atoms with Crippen LogP contribution < -0.4 is 5.32 Å². The summed E-state index contributed by atoms with van der Waals surface area (Å²) >= 11 is 0. The highest BCUT2D eigenvalue weighted by Gasteiger charge is 2.31. The van der Waals surface area contributed by atoms with Crippen molar-refractivity contribution in [1.29, 1.82) is 0 Å². The lowest BCUT2D eigenvalue weighted by molar-refractivity contribution is -0.143. The minimum absolute atomic E-state index is 0.00111. The molecular formula is C19H18F3NO4S. The number of alkyl halides is 3. The number of carbonyl (C=O) groups excluding carboxylic acids is 2. The van der Waals surface area contributed by atoms with Gasteiger partial charge in [0.25, 0.3) is 5.91 Å². The molecule has 0 unspecified atom stereocenters. The van der Waals surface area contributed by atoms with Crippen molar-refractivity contribution in [3.8, 4) is 0 Å². The highest BCUT2D eigenvalue weighted by Crippen LogP contribution is 2.29. The van der Waals surface area contributed by atoms with E-state index in [1.807, 2.05) is 0 Å². The largest absolute Gasteiger partial charge is 0.467 e. The van der Waals surface area contributed by atoms with Gasteiger partial charge in [-0.2, -0.15) is 13.2 Å². The lowest BCUT2D eigenvalue weighted by Crippen LogP contribution is -2.42. The monoisotopic (exact) mass is 413 g/mol. The number of nitrogens with one attached hydrogen (secondary N) is 1. The average molecular weight is 413 g/mol. The van der Waals surface area contributed by atoms with Crippen molar-refractivity contribution in [1.82, 2.24) is 5.32 Å². The molecule has 28 heavy (non-hydrogen) atoms. The van der Waals surface area contributed by atoms with Gasteiger partial charge < -0.3 is 10.1 Å². The molecule has 0 aliphatic rings. The van der Waals surface area contributed by atoms with Crippen molar-refractivity contribution in [2.75, 3.05) is 12.9 Å². The number of halogens is 3. The smallest absolute Gasteiger partial charge is 0.416 e. The average Bonchev–Trinajstić information content (AvgIpc) is 2.70. The molecule has 0 heterocycles. The summed E-state index contributed by atoms with van der Waals surface area (Å²) < 4.78 is 55.3. The Morgan fingerprint density at radius 2 is 1.79 bits per heavy atom. The Balaban J connectivity index is 2.08. The summed E-state index contributed by atoms with van der Waals surface area (Å²) in [5.74, 6) is -1.57. The third kappa shape index (κ3) is 5.91. The second-order valence-corrected chi connectivity index (χ2v) is 7.35. The summed E-state index contributed by atoms with van der Waals surface area (Å²) in [6, 6.07) is 11.3. The molecule has 2 atom stereocenters. The maximum absolute atomic E-state index is 12.8. The molecule has 150 valence electrons. The Hall–Kier alpha value is -2.68. The van der Waals surface area contributed by atoms with Crippen molar-refractivity contribution in [2.45, 2.75) is 23.5 Å². The number of hydrogen-bond acceptors (Lipinski definition) is 4. The first kappa shape index (κ1) is 21.6. The van der Waals surface area contributed by atoms with Crippen LogP contribution in [0.15, 0.2) is 59.5 Å². The maximum atomic E-state index is 12.8. The Morgan fingerprint density at radius 1 is 1.11 bits per heavy atom. The fourth-order valence-corrected chi connectivity index (χ4v) is 3.53. The summed E-state index contributed by atoms with van der Waals surface area (Å²) in [7, 11) is -0.280. The van der Waals surface area contributed by atoms with E-state index in [9.17, 15) is 27.0 Å². The minimum atomic E-state index is -4.59. The van der Waals surface area contributed by atoms with E-state index in [1.54, 1.807) is 30.3 Å². The van der Waals surface area contributed by atoms with E-state index in [0.717, 1.165) is 19.2 Å². The van der Waals surface area contributed by atoms with Crippen LogP contribution in [0.5, 0.6) is 0 Å². The Kier molecular flexibility index (Phi) is 7.33. The third-order valence-corrected chi connectivity index (χ3v) is 5.25. The number of esters is 1. The molecule has 5 nitrogen and oxygen atoms in total. The van der Waals surface area contributed by atoms with E-state index in [1.165, 1.54) is 6.07 Å². The van der Waals surface area contributed by atoms with Crippen molar-refractivity contribution in [3.63, 3.8) is 0 Å². The summed E-state index contributed by atoms with van der Waals surface area (Å²) in [4.78, 5) is 24.8. The van der Waals surface area contributed by atoms with E-state index < -0.39 is 40.5 Å². The zero-order valence-electron chi connectivity index (χ0n) is 14.9. The molecular weight excluding hydrogens is 395 g/mol. The van der Waals surface area contributed by atoms with Crippen LogP contribution in [-0.2, 0) is 26.5 Å². The number of ether oxygens (including phenoxy) is 1. The fourth-order valence-electron chi connectivity index (χ4n) is 2.38. The van der Waals surface area contributed by atoms with Crippen LogP contribution >= 0.6 is 0 Å². The summed E-state index contributed by atoms with van der Waals surface area (Å²) in [6.45, 7) is 0. The molecule has 0 saturated carbocycles. The first-order valence-corrected chi connectivity index (χ1v) is 9.53. The molecule has 0 radical (unpaired) electrons. The number of hydrogen-bond donors (Lipinski definition) is 1. The molecule has 0 aromatic heterocycles. The zero-order valence-corrected chi connectivity index (χ0v) is 15.7. The van der Waals surface area contributed by atoms with Gasteiger partial charge >= 0.3 is 12.1 Å². The van der Waals surface area contributed by atoms with Gasteiger partial charge in [0, 0.05) is 16.2 Å². The highest BCUT2D eigenvalue weighted by molar-refractivity contribution is 7.85. The number of amides is 1. The lowest BCUT2D eigenvalue weighted by atomic mass is 10.1. The zero-order chi connectivity index (χ0) is 20.7. The van der Waals surface area contributed by atoms with Crippen molar-refractivity contribution < 1.29 is 31.7 Å². The van der Waals surface area contributed by atoms with Gasteiger partial charge in [-0.1, -0.05) is 24.3 Å². The van der Waals surface area contributed by atoms with Gasteiger partial charge in [0.05, 0.1) is 23.5 Å². The molecule has 1 N–H and O–H groups in total. The summed E-state index contributed by atoms with van der Waals surface area (Å²) in [5, 5.41) is 2.35. The van der Waals surface area contributed by atoms with Crippen molar-refractivity contribution in [3.05, 3.63) is 65.7 Å². The van der Waals surface area contributed by atoms with E-state index in [4.69, 9.17) is 0 Å². The van der Waals surface area contributed by atoms with Crippen LogP contribution in [-0.4, -0.2) is 35.0 Å². The predicted molar refractivity (Wildman–Crippen MR) is 97.0 cm³/mol. The Morgan fingerprint density at radius 3 is 2.39 bits per heavy atom. The second kappa shape index (κ2) is 9.50. The highest BCUT2D eigenvalue weighted by atomic mass is 32.2. The summed E-state index contributed by atoms with van der Waals surface area (Å²) in [6.07, 6.45) is -4.59. The van der Waals surface area contributed by atoms with Crippen LogP contribution in [0.3, 0.4) is 0 Å². The summed E-state index contributed by atoms with van der Waals surface area (Å²) in [5.41, 5.74) is -1.21. The van der Waals surface area contributed by atoms with Crippen LogP contribution in [0.25, 0.3) is 0 Å². The number of benzene rings is 2. The number of carbonyl (C=O) groups is 2. The first-order valence-electron chi connectivity index (χ1n) is 8.21. The minimum Gasteiger partial charge on any atom is -0.467 e.